The minimum absolute atomic E-state index is 0.0373. The van der Waals surface area contributed by atoms with Crippen LogP contribution in [0.2, 0.25) is 0 Å². The zero-order chi connectivity index (χ0) is 16.7. The number of rotatable bonds is 3. The fourth-order valence-corrected chi connectivity index (χ4v) is 2.79. The SMILES string of the molecule is N#Cc1ccc(-c2c(C(=O)NC3CC3)nn3c2OCCC3)cc1F. The van der Waals surface area contributed by atoms with Gasteiger partial charge in [-0.25, -0.2) is 9.07 Å². The van der Waals surface area contributed by atoms with Gasteiger partial charge in [-0.3, -0.25) is 4.79 Å². The number of aromatic nitrogens is 2. The van der Waals surface area contributed by atoms with Gasteiger partial charge in [-0.15, -0.1) is 0 Å². The van der Waals surface area contributed by atoms with E-state index >= 15 is 0 Å². The molecule has 1 fully saturated rings. The van der Waals surface area contributed by atoms with Gasteiger partial charge in [-0.2, -0.15) is 10.4 Å². The zero-order valence-corrected chi connectivity index (χ0v) is 12.9. The molecule has 0 atom stereocenters. The third-order valence-corrected chi connectivity index (χ3v) is 4.16. The molecule has 1 amide bonds. The van der Waals surface area contributed by atoms with E-state index in [9.17, 15) is 9.18 Å². The molecule has 1 aliphatic heterocycles. The Bertz CT molecular complexity index is 864. The Labute approximate surface area is 137 Å². The summed E-state index contributed by atoms with van der Waals surface area (Å²) in [6, 6.07) is 6.26. The number of carbonyl (C=O) groups excluding carboxylic acids is 1. The summed E-state index contributed by atoms with van der Waals surface area (Å²) in [4.78, 5) is 12.5. The number of aryl methyl sites for hydroxylation is 1. The molecule has 0 unspecified atom stereocenters. The number of hydrogen-bond donors (Lipinski definition) is 1. The van der Waals surface area contributed by atoms with Crippen LogP contribution in [0.3, 0.4) is 0 Å². The predicted octanol–water partition coefficient (Wildman–Crippen LogP) is 2.24. The van der Waals surface area contributed by atoms with Crippen molar-refractivity contribution in [3.05, 3.63) is 35.3 Å². The van der Waals surface area contributed by atoms with Gasteiger partial charge in [-0.05, 0) is 30.5 Å². The predicted molar refractivity (Wildman–Crippen MR) is 82.9 cm³/mol. The van der Waals surface area contributed by atoms with E-state index in [1.807, 2.05) is 0 Å². The van der Waals surface area contributed by atoms with E-state index in [1.54, 1.807) is 16.8 Å². The monoisotopic (exact) mass is 326 g/mol. The van der Waals surface area contributed by atoms with Gasteiger partial charge in [0.05, 0.1) is 17.7 Å². The van der Waals surface area contributed by atoms with Gasteiger partial charge in [0, 0.05) is 19.0 Å². The lowest BCUT2D eigenvalue weighted by Gasteiger charge is -2.16. The average molecular weight is 326 g/mol. The summed E-state index contributed by atoms with van der Waals surface area (Å²) in [5.41, 5.74) is 1.17. The molecule has 0 spiro atoms. The zero-order valence-electron chi connectivity index (χ0n) is 12.9. The second-order valence-electron chi connectivity index (χ2n) is 6.01. The number of nitrogens with zero attached hydrogens (tertiary/aromatic N) is 3. The van der Waals surface area contributed by atoms with Gasteiger partial charge in [0.1, 0.15) is 11.9 Å². The summed E-state index contributed by atoms with van der Waals surface area (Å²) in [6.45, 7) is 1.18. The molecule has 0 radical (unpaired) electrons. The van der Waals surface area contributed by atoms with Crippen LogP contribution < -0.4 is 10.1 Å². The van der Waals surface area contributed by atoms with Crippen molar-refractivity contribution in [2.24, 2.45) is 0 Å². The number of ether oxygens (including phenoxy) is 1. The standard InChI is InChI=1S/C17H15FN4O2/c18-13-8-10(2-3-11(13)9-19)14-15(16(23)20-12-4-5-12)21-22-6-1-7-24-17(14)22/h2-3,8,12H,1,4-7H2,(H,20,23). The van der Waals surface area contributed by atoms with E-state index in [4.69, 9.17) is 10.00 Å². The second-order valence-corrected chi connectivity index (χ2v) is 6.01. The fraction of sp³-hybridized carbons (Fsp3) is 0.353. The lowest BCUT2D eigenvalue weighted by molar-refractivity contribution is 0.0945. The maximum atomic E-state index is 14.0. The van der Waals surface area contributed by atoms with Crippen LogP contribution in [-0.2, 0) is 6.54 Å². The van der Waals surface area contributed by atoms with Gasteiger partial charge >= 0.3 is 0 Å². The van der Waals surface area contributed by atoms with Crippen LogP contribution in [0.1, 0.15) is 35.3 Å². The number of fused-ring (bicyclic) bond motifs is 1. The molecule has 7 heteroatoms. The quantitative estimate of drug-likeness (QED) is 0.938. The highest BCUT2D eigenvalue weighted by atomic mass is 19.1. The van der Waals surface area contributed by atoms with Crippen molar-refractivity contribution >= 4 is 5.91 Å². The molecule has 0 bridgehead atoms. The maximum absolute atomic E-state index is 14.0. The molecular weight excluding hydrogens is 311 g/mol. The third-order valence-electron chi connectivity index (χ3n) is 4.16. The molecule has 2 heterocycles. The first-order chi connectivity index (χ1) is 11.7. The molecular formula is C17H15FN4O2. The lowest BCUT2D eigenvalue weighted by Crippen LogP contribution is -2.26. The highest BCUT2D eigenvalue weighted by molar-refractivity contribution is 6.00. The van der Waals surface area contributed by atoms with Gasteiger partial charge in [0.15, 0.2) is 5.69 Å². The Kier molecular flexibility index (Phi) is 3.45. The smallest absolute Gasteiger partial charge is 0.272 e. The van der Waals surface area contributed by atoms with Crippen LogP contribution in [0.25, 0.3) is 11.1 Å². The minimum Gasteiger partial charge on any atom is -0.477 e. The van der Waals surface area contributed by atoms with Crippen molar-refractivity contribution in [1.29, 1.82) is 5.26 Å². The van der Waals surface area contributed by atoms with Crippen molar-refractivity contribution in [3.8, 4) is 23.1 Å². The summed E-state index contributed by atoms with van der Waals surface area (Å²) < 4.78 is 21.4. The summed E-state index contributed by atoms with van der Waals surface area (Å²) in [7, 11) is 0. The molecule has 1 aromatic heterocycles. The van der Waals surface area contributed by atoms with E-state index < -0.39 is 5.82 Å². The Morgan fingerprint density at radius 3 is 3.00 bits per heavy atom. The molecule has 1 aliphatic carbocycles. The van der Waals surface area contributed by atoms with E-state index in [0.717, 1.165) is 19.3 Å². The number of hydrogen-bond acceptors (Lipinski definition) is 4. The number of carbonyl (C=O) groups is 1. The van der Waals surface area contributed by atoms with Crippen LogP contribution in [0.4, 0.5) is 4.39 Å². The van der Waals surface area contributed by atoms with Crippen LogP contribution in [0.5, 0.6) is 5.88 Å². The summed E-state index contributed by atoms with van der Waals surface area (Å²) >= 11 is 0. The maximum Gasteiger partial charge on any atom is 0.272 e. The Hall–Kier alpha value is -2.88. The topological polar surface area (TPSA) is 79.9 Å². The molecule has 122 valence electrons. The number of benzene rings is 1. The third kappa shape index (κ3) is 2.50. The largest absolute Gasteiger partial charge is 0.477 e. The average Bonchev–Trinajstić information content (AvgIpc) is 3.31. The van der Waals surface area contributed by atoms with Gasteiger partial charge in [-0.1, -0.05) is 6.07 Å². The van der Waals surface area contributed by atoms with Crippen molar-refractivity contribution in [2.45, 2.75) is 31.8 Å². The number of halogens is 1. The van der Waals surface area contributed by atoms with Gasteiger partial charge in [0.2, 0.25) is 5.88 Å². The van der Waals surface area contributed by atoms with E-state index in [-0.39, 0.29) is 23.2 Å². The molecule has 0 saturated heterocycles. The number of amides is 1. The fourth-order valence-electron chi connectivity index (χ4n) is 2.79. The van der Waals surface area contributed by atoms with Crippen LogP contribution >= 0.6 is 0 Å². The molecule has 4 rings (SSSR count). The summed E-state index contributed by atoms with van der Waals surface area (Å²) in [5.74, 6) is -0.423. The molecule has 24 heavy (non-hydrogen) atoms. The first-order valence-electron chi connectivity index (χ1n) is 7.92. The molecule has 6 nitrogen and oxygen atoms in total. The molecule has 2 aliphatic rings. The minimum atomic E-state index is -0.626. The highest BCUT2D eigenvalue weighted by Gasteiger charge is 2.31. The molecule has 1 N–H and O–H groups in total. The van der Waals surface area contributed by atoms with E-state index in [0.29, 0.717) is 30.2 Å². The first-order valence-corrected chi connectivity index (χ1v) is 7.92. The van der Waals surface area contributed by atoms with Gasteiger partial charge in [0.25, 0.3) is 5.91 Å². The van der Waals surface area contributed by atoms with Crippen molar-refractivity contribution in [1.82, 2.24) is 15.1 Å². The molecule has 2 aromatic rings. The van der Waals surface area contributed by atoms with Crippen LogP contribution in [0, 0.1) is 17.1 Å². The van der Waals surface area contributed by atoms with Crippen molar-refractivity contribution in [2.75, 3.05) is 6.61 Å². The summed E-state index contributed by atoms with van der Waals surface area (Å²) in [6.07, 6.45) is 2.74. The highest BCUT2D eigenvalue weighted by Crippen LogP contribution is 2.36. The van der Waals surface area contributed by atoms with Crippen molar-refractivity contribution in [3.63, 3.8) is 0 Å². The number of nitriles is 1. The summed E-state index contributed by atoms with van der Waals surface area (Å²) in [5, 5.41) is 16.2. The second kappa shape index (κ2) is 5.64. The van der Waals surface area contributed by atoms with E-state index in [1.165, 1.54) is 12.1 Å². The Balaban J connectivity index is 1.82. The van der Waals surface area contributed by atoms with Crippen LogP contribution in [-0.4, -0.2) is 28.3 Å². The molecule has 1 aromatic carbocycles. The Morgan fingerprint density at radius 2 is 2.29 bits per heavy atom. The first kappa shape index (κ1) is 14.7. The van der Waals surface area contributed by atoms with Crippen LogP contribution in [0.15, 0.2) is 18.2 Å². The number of nitrogens with one attached hydrogen (secondary N) is 1. The normalized spacial score (nSPS) is 16.0. The van der Waals surface area contributed by atoms with E-state index in [2.05, 4.69) is 10.4 Å². The Morgan fingerprint density at radius 1 is 1.46 bits per heavy atom. The molecule has 1 saturated carbocycles. The van der Waals surface area contributed by atoms with Crippen molar-refractivity contribution < 1.29 is 13.9 Å². The lowest BCUT2D eigenvalue weighted by atomic mass is 10.0. The van der Waals surface area contributed by atoms with Gasteiger partial charge < -0.3 is 10.1 Å².